The van der Waals surface area contributed by atoms with E-state index < -0.39 is 6.16 Å². The van der Waals surface area contributed by atoms with Crippen molar-refractivity contribution in [3.8, 4) is 0 Å². The molecule has 4 N–H and O–H groups in total. The van der Waals surface area contributed by atoms with Crippen LogP contribution in [0.1, 0.15) is 0 Å². The Bertz CT molecular complexity index is 33.8. The highest BCUT2D eigenvalue weighted by molar-refractivity contribution is 7.77. The third-order valence-electron chi connectivity index (χ3n) is 0. The zero-order chi connectivity index (χ0) is 5.58. The van der Waals surface area contributed by atoms with Crippen molar-refractivity contribution in [2.45, 2.75) is 0 Å². The first-order chi connectivity index (χ1) is 2.73. The molecule has 0 amide bonds. The predicted octanol–water partition coefficient (Wildman–Crippen LogP) is 0.0123. The van der Waals surface area contributed by atoms with Crippen molar-refractivity contribution in [3.05, 3.63) is 0 Å². The van der Waals surface area contributed by atoms with E-state index in [-0.39, 0.29) is 0 Å². The van der Waals surface area contributed by atoms with Crippen LogP contribution in [0.2, 0.25) is 0 Å². The van der Waals surface area contributed by atoms with Gasteiger partial charge in [0.05, 0.1) is 0 Å². The smallest absolute Gasteiger partial charge is 0.450 e. The first-order valence-electron chi connectivity index (χ1n) is 0.910. The molecule has 0 unspecified atom stereocenters. The van der Waals surface area contributed by atoms with Crippen molar-refractivity contribution in [1.29, 1.82) is 0 Å². The predicted molar refractivity (Wildman–Crippen MR) is 23.8 cm³/mol. The van der Waals surface area contributed by atoms with Gasteiger partial charge in [0.2, 0.25) is 0 Å². The van der Waals surface area contributed by atoms with Crippen LogP contribution >= 0.6 is 12.8 Å². The van der Waals surface area contributed by atoms with Crippen molar-refractivity contribution in [2.75, 3.05) is 0 Å². The summed E-state index contributed by atoms with van der Waals surface area (Å²) in [7, 11) is 0. The summed E-state index contributed by atoms with van der Waals surface area (Å²) in [6.07, 6.45) is -1.83. The van der Waals surface area contributed by atoms with Crippen molar-refractivity contribution in [2.24, 2.45) is 5.14 Å². The Balaban J connectivity index is 0. The van der Waals surface area contributed by atoms with Crippen LogP contribution in [-0.4, -0.2) is 16.4 Å². The molecular formula is CH5NO3S. The van der Waals surface area contributed by atoms with Crippen LogP contribution in [-0.2, 0) is 0 Å². The Morgan fingerprint density at radius 1 is 1.50 bits per heavy atom. The highest BCUT2D eigenvalue weighted by atomic mass is 32.1. The van der Waals surface area contributed by atoms with Crippen LogP contribution in [0.5, 0.6) is 0 Å². The van der Waals surface area contributed by atoms with Crippen molar-refractivity contribution >= 4 is 19.0 Å². The monoisotopic (exact) mass is 111 g/mol. The number of hydrogen-bond acceptors (Lipinski definition) is 3. The van der Waals surface area contributed by atoms with Gasteiger partial charge in [-0.05, 0) is 0 Å². The van der Waals surface area contributed by atoms with Gasteiger partial charge in [0.25, 0.3) is 0 Å². The molecule has 0 heterocycles. The lowest BCUT2D eigenvalue weighted by Gasteiger charge is -1.60. The molecule has 0 aliphatic rings. The average molecular weight is 111 g/mol. The van der Waals surface area contributed by atoms with Crippen LogP contribution < -0.4 is 5.14 Å². The molecule has 5 heteroatoms. The van der Waals surface area contributed by atoms with E-state index in [1.807, 2.05) is 0 Å². The lowest BCUT2D eigenvalue weighted by Crippen LogP contribution is -1.81. The van der Waals surface area contributed by atoms with Gasteiger partial charge in [0, 0.05) is 0 Å². The first-order valence-corrected chi connectivity index (χ1v) is 1.43. The summed E-state index contributed by atoms with van der Waals surface area (Å²) in [5.41, 5.74) is 0. The maximum Gasteiger partial charge on any atom is 0.503 e. The Morgan fingerprint density at radius 2 is 1.50 bits per heavy atom. The number of carbonyl (C=O) groups is 1. The van der Waals surface area contributed by atoms with Gasteiger partial charge in [-0.15, -0.1) is 12.8 Å². The van der Waals surface area contributed by atoms with Gasteiger partial charge >= 0.3 is 6.16 Å². The van der Waals surface area contributed by atoms with Crippen LogP contribution in [0, 0.1) is 0 Å². The fraction of sp³-hybridized carbons (Fsp3) is 0. The Kier molecular flexibility index (Phi) is 13.4. The lowest BCUT2D eigenvalue weighted by atomic mass is 11.5. The third-order valence-corrected chi connectivity index (χ3v) is 0. The molecular weight excluding hydrogens is 106 g/mol. The molecule has 4 nitrogen and oxygen atoms in total. The molecule has 0 atom stereocenters. The Hall–Kier alpha value is -0.420. The molecule has 6 heavy (non-hydrogen) atoms. The molecule has 0 aromatic rings. The third kappa shape index (κ3) is 135. The molecule has 0 aromatic carbocycles. The second kappa shape index (κ2) is 8.82. The standard InChI is InChI=1S/CH2O3.H3NS/c2-1(3)4;1-2/h(H2,2,3,4);2H,1H2. The summed E-state index contributed by atoms with van der Waals surface area (Å²) in [5.74, 6) is 0. The maximum atomic E-state index is 8.56. The van der Waals surface area contributed by atoms with Crippen LogP contribution in [0.3, 0.4) is 0 Å². The van der Waals surface area contributed by atoms with E-state index >= 15 is 0 Å². The van der Waals surface area contributed by atoms with Gasteiger partial charge in [0.1, 0.15) is 0 Å². The van der Waals surface area contributed by atoms with Crippen LogP contribution in [0.25, 0.3) is 0 Å². The number of rotatable bonds is 0. The quantitative estimate of drug-likeness (QED) is 0.332. The molecule has 0 fully saturated rings. The van der Waals surface area contributed by atoms with Crippen molar-refractivity contribution < 1.29 is 15.0 Å². The zero-order valence-corrected chi connectivity index (χ0v) is 3.72. The molecule has 0 saturated heterocycles. The zero-order valence-electron chi connectivity index (χ0n) is 2.83. The SMILES string of the molecule is NS.O=C(O)O. The van der Waals surface area contributed by atoms with E-state index in [9.17, 15) is 0 Å². The highest BCUT2D eigenvalue weighted by Gasteiger charge is 1.70. The minimum atomic E-state index is -1.83. The number of hydrogen-bond donors (Lipinski definition) is 4. The minimum Gasteiger partial charge on any atom is -0.450 e. The van der Waals surface area contributed by atoms with Crippen LogP contribution in [0.15, 0.2) is 0 Å². The number of carboxylic acid groups (broad SMARTS) is 2. The van der Waals surface area contributed by atoms with Crippen molar-refractivity contribution in [3.63, 3.8) is 0 Å². The fourth-order valence-corrected chi connectivity index (χ4v) is 0. The molecule has 0 aliphatic heterocycles. The van der Waals surface area contributed by atoms with Gasteiger partial charge in [-0.25, -0.2) is 4.79 Å². The summed E-state index contributed by atoms with van der Waals surface area (Å²) >= 11 is 3.03. The summed E-state index contributed by atoms with van der Waals surface area (Å²) < 4.78 is 0. The molecule has 38 valence electrons. The Morgan fingerprint density at radius 3 is 1.50 bits per heavy atom. The van der Waals surface area contributed by atoms with E-state index in [0.29, 0.717) is 0 Å². The van der Waals surface area contributed by atoms with E-state index in [1.165, 1.54) is 0 Å². The molecule has 0 saturated carbocycles. The van der Waals surface area contributed by atoms with Gasteiger partial charge in [-0.1, -0.05) is 0 Å². The second-order valence-electron chi connectivity index (χ2n) is 0.283. The largest absolute Gasteiger partial charge is 0.503 e. The molecule has 0 bridgehead atoms. The fourth-order valence-electron chi connectivity index (χ4n) is 0. The lowest BCUT2D eigenvalue weighted by molar-refractivity contribution is 0.137. The molecule has 0 rings (SSSR count). The van der Waals surface area contributed by atoms with E-state index in [0.717, 1.165) is 0 Å². The average Bonchev–Trinajstić information content (AvgIpc) is 1.41. The van der Waals surface area contributed by atoms with Crippen molar-refractivity contribution in [1.82, 2.24) is 0 Å². The molecule has 0 aliphatic carbocycles. The minimum absolute atomic E-state index is 1.83. The van der Waals surface area contributed by atoms with Gasteiger partial charge in [-0.2, -0.15) is 0 Å². The normalized spacial score (nSPS) is 5.00. The topological polar surface area (TPSA) is 83.6 Å². The summed E-state index contributed by atoms with van der Waals surface area (Å²) in [6, 6.07) is 0. The second-order valence-corrected chi connectivity index (χ2v) is 0.283. The number of thiol groups is 1. The summed E-state index contributed by atoms with van der Waals surface area (Å²) in [6.45, 7) is 0. The summed E-state index contributed by atoms with van der Waals surface area (Å²) in [4.78, 5) is 8.56. The maximum absolute atomic E-state index is 8.56. The van der Waals surface area contributed by atoms with Gasteiger partial charge in [-0.3, -0.25) is 5.14 Å². The number of nitrogens with two attached hydrogens (primary N) is 1. The van der Waals surface area contributed by atoms with Crippen LogP contribution in [0.4, 0.5) is 4.79 Å². The van der Waals surface area contributed by atoms with Gasteiger partial charge < -0.3 is 10.2 Å². The molecule has 0 aromatic heterocycles. The Labute approximate surface area is 40.1 Å². The first kappa shape index (κ1) is 9.13. The van der Waals surface area contributed by atoms with Gasteiger partial charge in [0.15, 0.2) is 0 Å². The van der Waals surface area contributed by atoms with E-state index in [4.69, 9.17) is 15.0 Å². The molecule has 0 spiro atoms. The summed E-state index contributed by atoms with van der Waals surface area (Å²) in [5, 5.41) is 18.1. The highest BCUT2D eigenvalue weighted by Crippen LogP contribution is 1.42. The van der Waals surface area contributed by atoms with E-state index in [2.05, 4.69) is 18.0 Å². The molecule has 0 radical (unpaired) electrons. The van der Waals surface area contributed by atoms with E-state index in [1.54, 1.807) is 0 Å².